The van der Waals surface area contributed by atoms with E-state index in [0.717, 1.165) is 5.69 Å². The lowest BCUT2D eigenvalue weighted by Gasteiger charge is -2.12. The number of carbonyl (C=O) groups is 1. The van der Waals surface area contributed by atoms with E-state index in [1.807, 2.05) is 30.3 Å². The predicted molar refractivity (Wildman–Crippen MR) is 120 cm³/mol. The number of rotatable bonds is 5. The Balaban J connectivity index is 1.69. The van der Waals surface area contributed by atoms with Crippen LogP contribution in [0.15, 0.2) is 85.1 Å². The van der Waals surface area contributed by atoms with E-state index in [9.17, 15) is 9.18 Å². The van der Waals surface area contributed by atoms with Crippen LogP contribution in [0.4, 0.5) is 4.39 Å². The molecule has 0 fully saturated rings. The van der Waals surface area contributed by atoms with Crippen molar-refractivity contribution in [2.45, 2.75) is 0 Å². The largest absolute Gasteiger partial charge is 0.366 e. The van der Waals surface area contributed by atoms with E-state index < -0.39 is 11.7 Å². The van der Waals surface area contributed by atoms with Crippen LogP contribution >= 0.6 is 0 Å². The standard InChI is InChI=1S/C24H16FN7O/c25-20-9-5-4-8-18(20)21-19(24-29-30-31-32(24)17-6-2-1-3-7-17)14-27-23(28-21)16-12-10-15(11-13-16)22(26)33/h1-14H,(H2,26,33). The minimum Gasteiger partial charge on any atom is -0.366 e. The van der Waals surface area contributed by atoms with E-state index in [1.54, 1.807) is 53.3 Å². The smallest absolute Gasteiger partial charge is 0.248 e. The van der Waals surface area contributed by atoms with Crippen LogP contribution in [0.5, 0.6) is 0 Å². The molecule has 8 nitrogen and oxygen atoms in total. The Hall–Kier alpha value is -4.79. The molecule has 2 aromatic heterocycles. The van der Waals surface area contributed by atoms with E-state index in [-0.39, 0.29) is 5.56 Å². The molecule has 2 N–H and O–H groups in total. The van der Waals surface area contributed by atoms with Crippen molar-refractivity contribution in [3.05, 3.63) is 96.4 Å². The van der Waals surface area contributed by atoms with Crippen LogP contribution in [-0.2, 0) is 0 Å². The van der Waals surface area contributed by atoms with Gasteiger partial charge in [-0.1, -0.05) is 42.5 Å². The highest BCUT2D eigenvalue weighted by Crippen LogP contribution is 2.32. The van der Waals surface area contributed by atoms with Gasteiger partial charge in [0.05, 0.1) is 16.9 Å². The zero-order chi connectivity index (χ0) is 22.8. The monoisotopic (exact) mass is 437 g/mol. The van der Waals surface area contributed by atoms with E-state index in [4.69, 9.17) is 5.73 Å². The first-order chi connectivity index (χ1) is 16.1. The summed E-state index contributed by atoms with van der Waals surface area (Å²) in [5.41, 5.74) is 8.16. The van der Waals surface area contributed by atoms with Gasteiger partial charge in [-0.3, -0.25) is 4.79 Å². The van der Waals surface area contributed by atoms with E-state index in [0.29, 0.717) is 34.0 Å². The molecule has 9 heteroatoms. The zero-order valence-electron chi connectivity index (χ0n) is 17.1. The lowest BCUT2D eigenvalue weighted by atomic mass is 10.0. The second-order valence-electron chi connectivity index (χ2n) is 7.13. The first kappa shape index (κ1) is 20.1. The number of aromatic nitrogens is 6. The Morgan fingerprint density at radius 2 is 1.61 bits per heavy atom. The molecule has 0 bridgehead atoms. The van der Waals surface area contributed by atoms with E-state index >= 15 is 0 Å². The number of para-hydroxylation sites is 1. The molecule has 3 aromatic carbocycles. The number of tetrazole rings is 1. The summed E-state index contributed by atoms with van der Waals surface area (Å²) in [6.07, 6.45) is 1.57. The summed E-state index contributed by atoms with van der Waals surface area (Å²) in [7, 11) is 0. The molecule has 5 aromatic rings. The number of hydrogen-bond donors (Lipinski definition) is 1. The van der Waals surface area contributed by atoms with Gasteiger partial charge in [0.15, 0.2) is 11.6 Å². The van der Waals surface area contributed by atoms with Gasteiger partial charge in [-0.15, -0.1) is 5.10 Å². The highest BCUT2D eigenvalue weighted by molar-refractivity contribution is 5.93. The van der Waals surface area contributed by atoms with Gasteiger partial charge < -0.3 is 5.73 Å². The van der Waals surface area contributed by atoms with E-state index in [2.05, 4.69) is 25.5 Å². The summed E-state index contributed by atoms with van der Waals surface area (Å²) in [4.78, 5) is 20.5. The van der Waals surface area contributed by atoms with Crippen molar-refractivity contribution in [1.82, 2.24) is 30.2 Å². The average molecular weight is 437 g/mol. The molecule has 1 amide bonds. The van der Waals surface area contributed by atoms with Gasteiger partial charge in [0.1, 0.15) is 5.82 Å². The second-order valence-corrected chi connectivity index (χ2v) is 7.13. The molecular weight excluding hydrogens is 421 g/mol. The third-order valence-electron chi connectivity index (χ3n) is 5.06. The van der Waals surface area contributed by atoms with Crippen molar-refractivity contribution in [2.75, 3.05) is 0 Å². The summed E-state index contributed by atoms with van der Waals surface area (Å²) in [5.74, 6) is -0.245. The fraction of sp³-hybridized carbons (Fsp3) is 0. The van der Waals surface area contributed by atoms with Crippen molar-refractivity contribution >= 4 is 5.91 Å². The Bertz CT molecular complexity index is 1450. The van der Waals surface area contributed by atoms with Gasteiger partial charge in [-0.05, 0) is 46.8 Å². The van der Waals surface area contributed by atoms with Crippen molar-refractivity contribution in [2.24, 2.45) is 5.73 Å². The van der Waals surface area contributed by atoms with Gasteiger partial charge >= 0.3 is 0 Å². The predicted octanol–water partition coefficient (Wildman–Crippen LogP) is 3.69. The molecule has 0 saturated carbocycles. The van der Waals surface area contributed by atoms with Crippen LogP contribution in [0.3, 0.4) is 0 Å². The van der Waals surface area contributed by atoms with Crippen LogP contribution < -0.4 is 5.73 Å². The molecule has 0 radical (unpaired) electrons. The number of nitrogens with zero attached hydrogens (tertiary/aromatic N) is 6. The maximum Gasteiger partial charge on any atom is 0.248 e. The molecule has 0 spiro atoms. The third kappa shape index (κ3) is 3.83. The molecule has 0 atom stereocenters. The normalized spacial score (nSPS) is 10.8. The molecule has 160 valence electrons. The average Bonchev–Trinajstić information content (AvgIpc) is 3.34. The third-order valence-corrected chi connectivity index (χ3v) is 5.06. The fourth-order valence-corrected chi connectivity index (χ4v) is 3.42. The molecule has 0 saturated heterocycles. The van der Waals surface area contributed by atoms with Crippen LogP contribution in [0.1, 0.15) is 10.4 Å². The second kappa shape index (κ2) is 8.39. The maximum atomic E-state index is 14.8. The molecular formula is C24H16FN7O. The molecule has 5 rings (SSSR count). The summed E-state index contributed by atoms with van der Waals surface area (Å²) >= 11 is 0. The summed E-state index contributed by atoms with van der Waals surface area (Å²) < 4.78 is 16.4. The number of primary amides is 1. The Kier molecular flexibility index (Phi) is 5.12. The van der Waals surface area contributed by atoms with Crippen LogP contribution in [0.2, 0.25) is 0 Å². The van der Waals surface area contributed by atoms with Crippen molar-refractivity contribution in [1.29, 1.82) is 0 Å². The number of benzene rings is 3. The molecule has 2 heterocycles. The van der Waals surface area contributed by atoms with Gasteiger partial charge in [0, 0.05) is 22.9 Å². The van der Waals surface area contributed by atoms with E-state index in [1.165, 1.54) is 6.07 Å². The molecule has 0 aliphatic carbocycles. The van der Waals surface area contributed by atoms with Crippen molar-refractivity contribution in [3.8, 4) is 39.7 Å². The molecule has 33 heavy (non-hydrogen) atoms. The summed E-state index contributed by atoms with van der Waals surface area (Å²) in [6.45, 7) is 0. The SMILES string of the molecule is NC(=O)c1ccc(-c2ncc(-c3nnnn3-c3ccccc3)c(-c3ccccc3F)n2)cc1. The number of nitrogens with two attached hydrogens (primary N) is 1. The first-order valence-electron chi connectivity index (χ1n) is 9.98. The Labute approximate surface area is 187 Å². The van der Waals surface area contributed by atoms with Crippen LogP contribution in [0, 0.1) is 5.82 Å². The van der Waals surface area contributed by atoms with Gasteiger partial charge in [0.25, 0.3) is 0 Å². The molecule has 0 unspecified atom stereocenters. The number of amides is 1. The number of halogens is 1. The number of hydrogen-bond acceptors (Lipinski definition) is 6. The number of carbonyl (C=O) groups excluding carboxylic acids is 1. The fourth-order valence-electron chi connectivity index (χ4n) is 3.42. The first-order valence-corrected chi connectivity index (χ1v) is 9.98. The van der Waals surface area contributed by atoms with Crippen molar-refractivity contribution in [3.63, 3.8) is 0 Å². The summed E-state index contributed by atoms with van der Waals surface area (Å²) in [6, 6.07) is 22.2. The van der Waals surface area contributed by atoms with Crippen LogP contribution in [-0.4, -0.2) is 36.1 Å². The van der Waals surface area contributed by atoms with Gasteiger partial charge in [0.2, 0.25) is 5.91 Å². The van der Waals surface area contributed by atoms with Gasteiger partial charge in [-0.25, -0.2) is 14.4 Å². The molecule has 0 aliphatic rings. The van der Waals surface area contributed by atoms with Gasteiger partial charge in [-0.2, -0.15) is 4.68 Å². The topological polar surface area (TPSA) is 112 Å². The van der Waals surface area contributed by atoms with Crippen LogP contribution in [0.25, 0.3) is 39.7 Å². The Morgan fingerprint density at radius 3 is 2.33 bits per heavy atom. The highest BCUT2D eigenvalue weighted by atomic mass is 19.1. The zero-order valence-corrected chi connectivity index (χ0v) is 17.1. The maximum absolute atomic E-state index is 14.8. The lowest BCUT2D eigenvalue weighted by molar-refractivity contribution is 0.100. The minimum absolute atomic E-state index is 0.285. The highest BCUT2D eigenvalue weighted by Gasteiger charge is 2.21. The minimum atomic E-state index is -0.530. The summed E-state index contributed by atoms with van der Waals surface area (Å²) in [5, 5.41) is 12.1. The van der Waals surface area contributed by atoms with Crippen molar-refractivity contribution < 1.29 is 9.18 Å². The lowest BCUT2D eigenvalue weighted by Crippen LogP contribution is -2.10. The quantitative estimate of drug-likeness (QED) is 0.449. The Morgan fingerprint density at radius 1 is 0.879 bits per heavy atom. The molecule has 0 aliphatic heterocycles.